The second-order valence-electron chi connectivity index (χ2n) is 5.37. The van der Waals surface area contributed by atoms with E-state index in [1.165, 1.54) is 0 Å². The van der Waals surface area contributed by atoms with Crippen molar-refractivity contribution in [1.82, 2.24) is 9.80 Å². The highest BCUT2D eigenvalue weighted by atomic mass is 16.4. The molecule has 6 nitrogen and oxygen atoms in total. The Balaban J connectivity index is 5.21. The van der Waals surface area contributed by atoms with Gasteiger partial charge in [-0.05, 0) is 41.3 Å². The largest absolute Gasteiger partial charge is 0.409 e. The van der Waals surface area contributed by atoms with Crippen molar-refractivity contribution in [2.75, 3.05) is 27.2 Å². The van der Waals surface area contributed by atoms with Crippen LogP contribution in [0.2, 0.25) is 0 Å². The standard InChI is InChI=1S/C13H28N4O2/c1-7-13(4,11(14)15-19)12(18)17(8-2)10(3)9-16(5)6/h10,19H,7-9H2,1-6H3,(H2,14,15). The van der Waals surface area contributed by atoms with E-state index < -0.39 is 5.41 Å². The average Bonchev–Trinajstić information content (AvgIpc) is 2.36. The summed E-state index contributed by atoms with van der Waals surface area (Å²) in [5, 5.41) is 11.9. The van der Waals surface area contributed by atoms with Gasteiger partial charge in [0.2, 0.25) is 5.91 Å². The number of amides is 1. The van der Waals surface area contributed by atoms with Gasteiger partial charge >= 0.3 is 0 Å². The summed E-state index contributed by atoms with van der Waals surface area (Å²) < 4.78 is 0. The Morgan fingerprint density at radius 3 is 2.26 bits per heavy atom. The molecule has 0 saturated carbocycles. The van der Waals surface area contributed by atoms with Gasteiger partial charge in [-0.25, -0.2) is 0 Å². The monoisotopic (exact) mass is 272 g/mol. The first-order valence-corrected chi connectivity index (χ1v) is 6.68. The molecule has 0 fully saturated rings. The average molecular weight is 272 g/mol. The molecule has 6 heteroatoms. The second kappa shape index (κ2) is 7.33. The quantitative estimate of drug-likeness (QED) is 0.313. The Bertz CT molecular complexity index is 331. The molecule has 0 saturated heterocycles. The number of carbonyl (C=O) groups is 1. The van der Waals surface area contributed by atoms with Gasteiger partial charge in [0.05, 0.1) is 0 Å². The van der Waals surface area contributed by atoms with Gasteiger partial charge in [0.15, 0.2) is 5.84 Å². The Kier molecular flexibility index (Phi) is 6.83. The lowest BCUT2D eigenvalue weighted by Gasteiger charge is -2.37. The third-order valence-electron chi connectivity index (χ3n) is 3.62. The first kappa shape index (κ1) is 17.7. The minimum Gasteiger partial charge on any atom is -0.409 e. The number of hydrogen-bond acceptors (Lipinski definition) is 4. The zero-order chi connectivity index (χ0) is 15.2. The molecule has 0 aromatic carbocycles. The van der Waals surface area contributed by atoms with E-state index in [1.54, 1.807) is 11.8 Å². The minimum absolute atomic E-state index is 0.0319. The summed E-state index contributed by atoms with van der Waals surface area (Å²) in [4.78, 5) is 16.5. The van der Waals surface area contributed by atoms with Gasteiger partial charge < -0.3 is 20.7 Å². The maximum atomic E-state index is 12.7. The summed E-state index contributed by atoms with van der Waals surface area (Å²) >= 11 is 0. The molecule has 0 aliphatic carbocycles. The molecule has 1 amide bonds. The van der Waals surface area contributed by atoms with Crippen molar-refractivity contribution in [3.05, 3.63) is 0 Å². The summed E-state index contributed by atoms with van der Waals surface area (Å²) in [6.07, 6.45) is 0.493. The predicted octanol–water partition coefficient (Wildman–Crippen LogP) is 0.948. The Hall–Kier alpha value is -1.30. The van der Waals surface area contributed by atoms with E-state index in [9.17, 15) is 4.79 Å². The van der Waals surface area contributed by atoms with Crippen LogP contribution in [0.25, 0.3) is 0 Å². The lowest BCUT2D eigenvalue weighted by Crippen LogP contribution is -2.53. The minimum atomic E-state index is -0.953. The second-order valence-corrected chi connectivity index (χ2v) is 5.37. The molecule has 0 rings (SSSR count). The molecule has 0 spiro atoms. The number of amidine groups is 1. The molecule has 0 aliphatic heterocycles. The van der Waals surface area contributed by atoms with E-state index in [-0.39, 0.29) is 17.8 Å². The molecular weight excluding hydrogens is 244 g/mol. The van der Waals surface area contributed by atoms with Crippen LogP contribution in [0.15, 0.2) is 5.16 Å². The van der Waals surface area contributed by atoms with Crippen LogP contribution in [0.3, 0.4) is 0 Å². The van der Waals surface area contributed by atoms with Crippen LogP contribution in [0, 0.1) is 5.41 Å². The molecule has 112 valence electrons. The first-order chi connectivity index (χ1) is 8.74. The van der Waals surface area contributed by atoms with Crippen LogP contribution >= 0.6 is 0 Å². The van der Waals surface area contributed by atoms with Crippen molar-refractivity contribution in [2.24, 2.45) is 16.3 Å². The van der Waals surface area contributed by atoms with E-state index in [1.807, 2.05) is 39.8 Å². The molecule has 0 radical (unpaired) electrons. The lowest BCUT2D eigenvalue weighted by molar-refractivity contribution is -0.140. The third kappa shape index (κ3) is 4.09. The van der Waals surface area contributed by atoms with Gasteiger partial charge in [-0.15, -0.1) is 0 Å². The van der Waals surface area contributed by atoms with Crippen molar-refractivity contribution in [1.29, 1.82) is 0 Å². The van der Waals surface area contributed by atoms with E-state index in [0.717, 1.165) is 6.54 Å². The fraction of sp³-hybridized carbons (Fsp3) is 0.846. The zero-order valence-electron chi connectivity index (χ0n) is 13.0. The highest BCUT2D eigenvalue weighted by Crippen LogP contribution is 2.25. The SMILES string of the molecule is CCN(C(=O)C(C)(CC)C(N)=NO)C(C)CN(C)C. The highest BCUT2D eigenvalue weighted by molar-refractivity contribution is 6.06. The molecule has 0 aliphatic rings. The molecule has 3 N–H and O–H groups in total. The van der Waals surface area contributed by atoms with Crippen LogP contribution in [0.5, 0.6) is 0 Å². The predicted molar refractivity (Wildman–Crippen MR) is 77.2 cm³/mol. The van der Waals surface area contributed by atoms with E-state index in [2.05, 4.69) is 5.16 Å². The Morgan fingerprint density at radius 2 is 1.95 bits per heavy atom. The number of nitrogens with zero attached hydrogens (tertiary/aromatic N) is 3. The molecule has 19 heavy (non-hydrogen) atoms. The molecule has 2 unspecified atom stereocenters. The van der Waals surface area contributed by atoms with E-state index >= 15 is 0 Å². The number of oxime groups is 1. The number of carbonyl (C=O) groups excluding carboxylic acids is 1. The van der Waals surface area contributed by atoms with Gasteiger partial charge in [0.1, 0.15) is 5.41 Å². The first-order valence-electron chi connectivity index (χ1n) is 6.68. The highest BCUT2D eigenvalue weighted by Gasteiger charge is 2.40. The van der Waals surface area contributed by atoms with Crippen molar-refractivity contribution in [3.63, 3.8) is 0 Å². The molecule has 0 aromatic heterocycles. The summed E-state index contributed by atoms with van der Waals surface area (Å²) in [7, 11) is 3.94. The number of nitrogens with two attached hydrogens (primary N) is 1. The van der Waals surface area contributed by atoms with Crippen LogP contribution in [0.1, 0.15) is 34.1 Å². The zero-order valence-corrected chi connectivity index (χ0v) is 13.0. The van der Waals surface area contributed by atoms with Gasteiger partial charge in [0, 0.05) is 19.1 Å². The Labute approximate surface area is 116 Å². The smallest absolute Gasteiger partial charge is 0.236 e. The summed E-state index contributed by atoms with van der Waals surface area (Å²) in [5.41, 5.74) is 4.75. The fourth-order valence-electron chi connectivity index (χ4n) is 2.15. The summed E-state index contributed by atoms with van der Waals surface area (Å²) in [6.45, 7) is 8.89. The Morgan fingerprint density at radius 1 is 1.42 bits per heavy atom. The van der Waals surface area contributed by atoms with Crippen LogP contribution in [-0.2, 0) is 4.79 Å². The van der Waals surface area contributed by atoms with Crippen molar-refractivity contribution >= 4 is 11.7 Å². The summed E-state index contributed by atoms with van der Waals surface area (Å²) in [6, 6.07) is 0.0740. The van der Waals surface area contributed by atoms with Gasteiger partial charge in [-0.3, -0.25) is 4.79 Å². The fourth-order valence-corrected chi connectivity index (χ4v) is 2.15. The molecule has 0 bridgehead atoms. The van der Waals surface area contributed by atoms with Crippen molar-refractivity contribution in [2.45, 2.75) is 40.2 Å². The van der Waals surface area contributed by atoms with Crippen LogP contribution in [-0.4, -0.2) is 60.0 Å². The molecule has 2 atom stereocenters. The molecule has 0 aromatic rings. The lowest BCUT2D eigenvalue weighted by atomic mass is 9.84. The van der Waals surface area contributed by atoms with Gasteiger partial charge in [-0.2, -0.15) is 0 Å². The van der Waals surface area contributed by atoms with Crippen LogP contribution < -0.4 is 5.73 Å². The number of hydrogen-bond donors (Lipinski definition) is 2. The van der Waals surface area contributed by atoms with Crippen LogP contribution in [0.4, 0.5) is 0 Å². The van der Waals surface area contributed by atoms with Crippen molar-refractivity contribution in [3.8, 4) is 0 Å². The maximum Gasteiger partial charge on any atom is 0.236 e. The maximum absolute atomic E-state index is 12.7. The van der Waals surface area contributed by atoms with Gasteiger partial charge in [-0.1, -0.05) is 12.1 Å². The van der Waals surface area contributed by atoms with Crippen molar-refractivity contribution < 1.29 is 10.0 Å². The number of likely N-dealkylation sites (N-methyl/N-ethyl adjacent to an activating group) is 2. The summed E-state index contributed by atoms with van der Waals surface area (Å²) in [5.74, 6) is -0.127. The van der Waals surface area contributed by atoms with E-state index in [4.69, 9.17) is 10.9 Å². The molecule has 0 heterocycles. The van der Waals surface area contributed by atoms with Gasteiger partial charge in [0.25, 0.3) is 0 Å². The van der Waals surface area contributed by atoms with E-state index in [0.29, 0.717) is 13.0 Å². The topological polar surface area (TPSA) is 82.2 Å². The third-order valence-corrected chi connectivity index (χ3v) is 3.62. The number of rotatable bonds is 7. The normalized spacial score (nSPS) is 17.1. The molecular formula is C13H28N4O2.